The van der Waals surface area contributed by atoms with E-state index < -0.39 is 0 Å². The second kappa shape index (κ2) is 27.1. The molecule has 0 aliphatic rings. The van der Waals surface area contributed by atoms with E-state index in [-0.39, 0.29) is 0 Å². The van der Waals surface area contributed by atoms with Crippen LogP contribution in [0.5, 0.6) is 0 Å². The van der Waals surface area contributed by atoms with Crippen LogP contribution in [0.15, 0.2) is 84.2 Å². The van der Waals surface area contributed by atoms with E-state index in [0.717, 1.165) is 19.7 Å². The van der Waals surface area contributed by atoms with Crippen LogP contribution in [0.1, 0.15) is 220 Å². The quantitative estimate of drug-likeness (QED) is 0.0385. The Balaban J connectivity index is 1.13. The topological polar surface area (TPSA) is 35.6 Å². The molecular weight excluding hydrogens is 953 g/mol. The summed E-state index contributed by atoms with van der Waals surface area (Å²) < 4.78 is 5.72. The highest BCUT2D eigenvalue weighted by atomic mass is 32.1. The van der Waals surface area contributed by atoms with E-state index in [4.69, 9.17) is 9.97 Å². The predicted molar refractivity (Wildman–Crippen MR) is 323 cm³/mol. The fraction of sp³-hybridized carbons (Fsp3) is 0.531. The molecule has 0 unspecified atom stereocenters. The molecule has 0 aliphatic heterocycles. The molecule has 0 saturated heterocycles. The summed E-state index contributed by atoms with van der Waals surface area (Å²) in [7, 11) is 0. The summed E-state index contributed by atoms with van der Waals surface area (Å²) in [6, 6.07) is 32.2. The second-order valence-corrected chi connectivity index (χ2v) is 25.2. The van der Waals surface area contributed by atoms with E-state index in [0.29, 0.717) is 12.1 Å². The number of unbranched alkanes of at least 4 members (excludes halogenated alkanes) is 20. The summed E-state index contributed by atoms with van der Waals surface area (Å²) in [5, 5.41) is 10.0. The molecule has 0 bridgehead atoms. The Bertz CT molecular complexity index is 2970. The van der Waals surface area contributed by atoms with Gasteiger partial charge in [0.1, 0.15) is 10.0 Å². The Kier molecular flexibility index (Phi) is 20.0. The van der Waals surface area contributed by atoms with Crippen molar-refractivity contribution in [2.24, 2.45) is 0 Å². The third-order valence-electron chi connectivity index (χ3n) is 15.7. The van der Waals surface area contributed by atoms with Gasteiger partial charge in [-0.05, 0) is 79.1 Å². The SMILES string of the molecule is CCCCCCCCC(CCCCCCCC)n1c2ccccc2c2cc3c(cc21)c1ccc(-c2ccc(-c4nc5sc(-c6cccs6)nc5s4)s2)cc1n3C(CCCCCCCC)CCCCCCCC. The molecule has 0 amide bonds. The van der Waals surface area contributed by atoms with Gasteiger partial charge < -0.3 is 9.13 Å². The van der Waals surface area contributed by atoms with E-state index in [9.17, 15) is 0 Å². The highest BCUT2D eigenvalue weighted by Crippen LogP contribution is 2.46. The van der Waals surface area contributed by atoms with Crippen molar-refractivity contribution in [2.45, 2.75) is 220 Å². The minimum absolute atomic E-state index is 0.463. The Hall–Kier alpha value is -3.82. The maximum atomic E-state index is 5.15. The Labute approximate surface area is 448 Å². The van der Waals surface area contributed by atoms with E-state index in [1.165, 1.54) is 244 Å². The third kappa shape index (κ3) is 12.8. The largest absolute Gasteiger partial charge is 0.337 e. The van der Waals surface area contributed by atoms with Gasteiger partial charge in [0.15, 0.2) is 9.66 Å². The first-order valence-electron chi connectivity index (χ1n) is 29.0. The maximum absolute atomic E-state index is 5.15. The van der Waals surface area contributed by atoms with Gasteiger partial charge in [0.25, 0.3) is 0 Å². The standard InChI is InChI=1S/C64H84N4S4/c1-5-9-13-17-21-25-32-48(33-26-22-18-14-10-6-2)67-54-37-30-29-36-50(54)52-45-57-53(46-56(52)67)51-40-39-47(44-55(51)68(57)49(34-27-23-19-15-11-7-3)35-28-24-20-16-12-8-4)58-41-42-60(70-58)62-66-64-63(72-62)65-61(71-64)59-38-31-43-69-59/h29-31,36-46,48-49H,5-28,32-35H2,1-4H3. The van der Waals surface area contributed by atoms with E-state index >= 15 is 0 Å². The highest BCUT2D eigenvalue weighted by Gasteiger charge is 2.25. The van der Waals surface area contributed by atoms with E-state index in [1.54, 1.807) is 34.0 Å². The maximum Gasteiger partial charge on any atom is 0.155 e. The number of para-hydroxylation sites is 1. The molecule has 9 aromatic rings. The molecular formula is C64H84N4S4. The molecule has 3 aromatic carbocycles. The zero-order valence-electron chi connectivity index (χ0n) is 44.5. The number of thiazole rings is 2. The van der Waals surface area contributed by atoms with Crippen molar-refractivity contribution in [1.82, 2.24) is 19.1 Å². The normalized spacial score (nSPS) is 12.3. The number of fused-ring (bicyclic) bond motifs is 7. The minimum Gasteiger partial charge on any atom is -0.337 e. The lowest BCUT2D eigenvalue weighted by atomic mass is 9.99. The van der Waals surface area contributed by atoms with Gasteiger partial charge in [-0.25, -0.2) is 9.97 Å². The van der Waals surface area contributed by atoms with Crippen molar-refractivity contribution in [3.05, 3.63) is 84.2 Å². The fourth-order valence-electron chi connectivity index (χ4n) is 11.8. The van der Waals surface area contributed by atoms with Crippen molar-refractivity contribution in [3.63, 3.8) is 0 Å². The number of benzene rings is 3. The van der Waals surface area contributed by atoms with Crippen LogP contribution in [0.4, 0.5) is 0 Å². The molecule has 72 heavy (non-hydrogen) atoms. The molecule has 0 spiro atoms. The van der Waals surface area contributed by atoms with Gasteiger partial charge in [0.2, 0.25) is 0 Å². The first kappa shape index (κ1) is 53.0. The molecule has 4 nitrogen and oxygen atoms in total. The first-order valence-corrected chi connectivity index (χ1v) is 32.3. The molecule has 0 N–H and O–H groups in total. The summed E-state index contributed by atoms with van der Waals surface area (Å²) in [5.74, 6) is 0. The van der Waals surface area contributed by atoms with Gasteiger partial charge >= 0.3 is 0 Å². The summed E-state index contributed by atoms with van der Waals surface area (Å²) in [4.78, 5) is 16.0. The molecule has 0 aliphatic carbocycles. The van der Waals surface area contributed by atoms with Crippen LogP contribution in [-0.4, -0.2) is 19.1 Å². The number of rotatable bonds is 33. The zero-order valence-corrected chi connectivity index (χ0v) is 47.7. The van der Waals surface area contributed by atoms with Gasteiger partial charge in [-0.15, -0.1) is 22.7 Å². The number of hydrogen-bond donors (Lipinski definition) is 0. The van der Waals surface area contributed by atoms with Crippen LogP contribution >= 0.6 is 45.3 Å². The van der Waals surface area contributed by atoms with Crippen LogP contribution in [0, 0.1) is 0 Å². The zero-order chi connectivity index (χ0) is 49.5. The molecule has 0 radical (unpaired) electrons. The van der Waals surface area contributed by atoms with Crippen molar-refractivity contribution < 1.29 is 0 Å². The van der Waals surface area contributed by atoms with E-state index in [1.807, 2.05) is 11.3 Å². The highest BCUT2D eigenvalue weighted by molar-refractivity contribution is 7.32. The predicted octanol–water partition coefficient (Wildman–Crippen LogP) is 23.2. The van der Waals surface area contributed by atoms with Crippen LogP contribution in [0.2, 0.25) is 0 Å². The van der Waals surface area contributed by atoms with Crippen molar-refractivity contribution >= 4 is 98.6 Å². The third-order valence-corrected chi connectivity index (χ3v) is 20.1. The Morgan fingerprint density at radius 2 is 0.819 bits per heavy atom. The van der Waals surface area contributed by atoms with E-state index in [2.05, 4.69) is 121 Å². The Morgan fingerprint density at radius 3 is 1.33 bits per heavy atom. The Morgan fingerprint density at radius 1 is 0.375 bits per heavy atom. The second-order valence-electron chi connectivity index (χ2n) is 21.2. The molecule has 0 atom stereocenters. The molecule has 0 fully saturated rings. The molecule has 9 rings (SSSR count). The van der Waals surface area contributed by atoms with Gasteiger partial charge in [-0.3, -0.25) is 0 Å². The summed E-state index contributed by atoms with van der Waals surface area (Å²) in [6.45, 7) is 9.35. The molecule has 6 aromatic heterocycles. The molecule has 0 saturated carbocycles. The summed E-state index contributed by atoms with van der Waals surface area (Å²) in [6.07, 6.45) is 37.3. The molecule has 8 heteroatoms. The lowest BCUT2D eigenvalue weighted by Gasteiger charge is -2.23. The van der Waals surface area contributed by atoms with Gasteiger partial charge in [0.05, 0.1) is 26.3 Å². The average Bonchev–Trinajstić information content (AvgIpc) is 4.28. The lowest BCUT2D eigenvalue weighted by molar-refractivity contribution is 0.409. The van der Waals surface area contributed by atoms with Crippen molar-refractivity contribution in [1.29, 1.82) is 0 Å². The number of aromatic nitrogens is 4. The number of thiophene rings is 2. The number of hydrogen-bond acceptors (Lipinski definition) is 6. The van der Waals surface area contributed by atoms with Crippen LogP contribution in [0.25, 0.3) is 83.5 Å². The number of nitrogens with zero attached hydrogens (tertiary/aromatic N) is 4. The summed E-state index contributed by atoms with van der Waals surface area (Å²) >= 11 is 7.09. The van der Waals surface area contributed by atoms with Gasteiger partial charge in [-0.1, -0.05) is 241 Å². The van der Waals surface area contributed by atoms with Crippen LogP contribution < -0.4 is 0 Å². The average molecular weight is 1040 g/mol. The fourth-order valence-corrected chi connectivity index (χ4v) is 15.7. The smallest absolute Gasteiger partial charge is 0.155 e. The van der Waals surface area contributed by atoms with Crippen LogP contribution in [0.3, 0.4) is 0 Å². The van der Waals surface area contributed by atoms with Gasteiger partial charge in [0, 0.05) is 44.0 Å². The minimum atomic E-state index is 0.463. The molecule has 384 valence electrons. The van der Waals surface area contributed by atoms with Gasteiger partial charge in [-0.2, -0.15) is 0 Å². The van der Waals surface area contributed by atoms with Crippen molar-refractivity contribution in [2.75, 3.05) is 0 Å². The van der Waals surface area contributed by atoms with Crippen LogP contribution in [-0.2, 0) is 0 Å². The molecule has 6 heterocycles. The van der Waals surface area contributed by atoms with Crippen molar-refractivity contribution in [3.8, 4) is 30.2 Å². The lowest BCUT2D eigenvalue weighted by Crippen LogP contribution is -2.10. The monoisotopic (exact) mass is 1040 g/mol. The summed E-state index contributed by atoms with van der Waals surface area (Å²) in [5.41, 5.74) is 7.05. The first-order chi connectivity index (χ1) is 35.6.